The van der Waals surface area contributed by atoms with Crippen molar-refractivity contribution in [2.45, 2.75) is 37.8 Å². The summed E-state index contributed by atoms with van der Waals surface area (Å²) in [6.45, 7) is 0. The fourth-order valence-electron chi connectivity index (χ4n) is 3.31. The zero-order valence-electron chi connectivity index (χ0n) is 13.9. The molecule has 0 saturated carbocycles. The second-order valence-electron chi connectivity index (χ2n) is 6.34. The Hall–Kier alpha value is -2.82. The van der Waals surface area contributed by atoms with Gasteiger partial charge in [-0.1, -0.05) is 54.6 Å². The minimum atomic E-state index is -1.04. The fourth-order valence-corrected chi connectivity index (χ4v) is 3.31. The van der Waals surface area contributed by atoms with Crippen LogP contribution in [0.25, 0.3) is 0 Å². The number of nitrogens with one attached hydrogen (secondary N) is 2. The van der Waals surface area contributed by atoms with Crippen molar-refractivity contribution in [3.63, 3.8) is 0 Å². The van der Waals surface area contributed by atoms with Crippen LogP contribution in [0.15, 0.2) is 54.6 Å². The molecule has 25 heavy (non-hydrogen) atoms. The first-order valence-electron chi connectivity index (χ1n) is 8.55. The van der Waals surface area contributed by atoms with Gasteiger partial charge in [0, 0.05) is 6.42 Å². The van der Waals surface area contributed by atoms with E-state index in [1.807, 2.05) is 48.5 Å². The lowest BCUT2D eigenvalue weighted by atomic mass is 9.88. The van der Waals surface area contributed by atoms with Crippen LogP contribution in [0, 0.1) is 0 Å². The maximum atomic E-state index is 12.3. The first-order chi connectivity index (χ1) is 12.1. The number of rotatable bonds is 5. The predicted octanol–water partition coefficient (Wildman–Crippen LogP) is 3.06. The van der Waals surface area contributed by atoms with E-state index in [1.165, 1.54) is 5.56 Å². The van der Waals surface area contributed by atoms with Crippen molar-refractivity contribution in [2.24, 2.45) is 0 Å². The zero-order valence-corrected chi connectivity index (χ0v) is 13.9. The number of urea groups is 1. The van der Waals surface area contributed by atoms with E-state index in [2.05, 4.69) is 16.7 Å². The van der Waals surface area contributed by atoms with Crippen molar-refractivity contribution in [1.82, 2.24) is 10.6 Å². The van der Waals surface area contributed by atoms with Crippen molar-refractivity contribution >= 4 is 12.0 Å². The minimum Gasteiger partial charge on any atom is -0.480 e. The summed E-state index contributed by atoms with van der Waals surface area (Å²) in [6, 6.07) is 15.9. The van der Waals surface area contributed by atoms with Gasteiger partial charge < -0.3 is 15.7 Å². The number of carboxylic acids is 1. The number of amides is 2. The van der Waals surface area contributed by atoms with Gasteiger partial charge in [-0.2, -0.15) is 0 Å². The van der Waals surface area contributed by atoms with Gasteiger partial charge in [-0.3, -0.25) is 0 Å². The monoisotopic (exact) mass is 338 g/mol. The summed E-state index contributed by atoms with van der Waals surface area (Å²) in [6.07, 6.45) is 3.14. The molecule has 5 nitrogen and oxygen atoms in total. The first kappa shape index (κ1) is 17.0. The number of carbonyl (C=O) groups excluding carboxylic acids is 1. The fraction of sp³-hybridized carbons (Fsp3) is 0.300. The van der Waals surface area contributed by atoms with E-state index in [-0.39, 0.29) is 12.5 Å². The summed E-state index contributed by atoms with van der Waals surface area (Å²) >= 11 is 0. The summed E-state index contributed by atoms with van der Waals surface area (Å²) in [7, 11) is 0. The molecule has 0 heterocycles. The van der Waals surface area contributed by atoms with Gasteiger partial charge in [0.15, 0.2) is 0 Å². The zero-order chi connectivity index (χ0) is 17.6. The molecule has 130 valence electrons. The summed E-state index contributed by atoms with van der Waals surface area (Å²) in [5.41, 5.74) is 3.25. The molecule has 5 heteroatoms. The number of aryl methyl sites for hydroxylation is 1. The van der Waals surface area contributed by atoms with Gasteiger partial charge in [0.05, 0.1) is 6.04 Å². The molecule has 0 bridgehead atoms. The van der Waals surface area contributed by atoms with Crippen LogP contribution in [0.1, 0.15) is 35.6 Å². The van der Waals surface area contributed by atoms with Gasteiger partial charge in [-0.25, -0.2) is 9.59 Å². The van der Waals surface area contributed by atoms with E-state index >= 15 is 0 Å². The molecule has 0 unspecified atom stereocenters. The van der Waals surface area contributed by atoms with Crippen LogP contribution in [0.5, 0.6) is 0 Å². The third kappa shape index (κ3) is 4.38. The highest BCUT2D eigenvalue weighted by molar-refractivity contribution is 5.83. The molecule has 1 aliphatic rings. The molecule has 0 aliphatic heterocycles. The van der Waals surface area contributed by atoms with E-state index in [1.54, 1.807) is 0 Å². The molecule has 2 aromatic rings. The Balaban J connectivity index is 1.64. The van der Waals surface area contributed by atoms with Crippen molar-refractivity contribution < 1.29 is 14.7 Å². The van der Waals surface area contributed by atoms with Crippen LogP contribution in [-0.2, 0) is 17.6 Å². The molecule has 0 fully saturated rings. The Morgan fingerprint density at radius 3 is 2.56 bits per heavy atom. The highest BCUT2D eigenvalue weighted by atomic mass is 16.4. The van der Waals surface area contributed by atoms with Crippen LogP contribution in [0.2, 0.25) is 0 Å². The van der Waals surface area contributed by atoms with E-state index in [0.717, 1.165) is 30.4 Å². The van der Waals surface area contributed by atoms with Gasteiger partial charge in [0.25, 0.3) is 0 Å². The smallest absolute Gasteiger partial charge is 0.326 e. The van der Waals surface area contributed by atoms with Crippen LogP contribution in [0.3, 0.4) is 0 Å². The second-order valence-corrected chi connectivity index (χ2v) is 6.34. The normalized spacial score (nSPS) is 17.2. The molecule has 2 amide bonds. The van der Waals surface area contributed by atoms with Crippen molar-refractivity contribution in [3.05, 3.63) is 71.3 Å². The summed E-state index contributed by atoms with van der Waals surface area (Å²) in [5, 5.41) is 14.9. The molecule has 1 aliphatic carbocycles. The number of benzene rings is 2. The standard InChI is InChI=1S/C20H22N2O3/c23-19(24)18(13-14-7-2-1-3-8-14)22-20(25)21-17-12-6-10-15-9-4-5-11-16(15)17/h1-5,7-9,11,17-18H,6,10,12-13H2,(H,23,24)(H2,21,22,25)/t17-,18-/m0/s1. The van der Waals surface area contributed by atoms with Crippen LogP contribution in [-0.4, -0.2) is 23.1 Å². The number of carboxylic acid groups (broad SMARTS) is 1. The van der Waals surface area contributed by atoms with Crippen molar-refractivity contribution in [2.75, 3.05) is 0 Å². The highest BCUT2D eigenvalue weighted by Gasteiger charge is 2.24. The number of hydrogen-bond acceptors (Lipinski definition) is 2. The van der Waals surface area contributed by atoms with Gasteiger partial charge in [-0.05, 0) is 36.0 Å². The van der Waals surface area contributed by atoms with Crippen LogP contribution in [0.4, 0.5) is 4.79 Å². The predicted molar refractivity (Wildman–Crippen MR) is 95.4 cm³/mol. The quantitative estimate of drug-likeness (QED) is 0.784. The van der Waals surface area contributed by atoms with Crippen molar-refractivity contribution in [3.8, 4) is 0 Å². The Bertz CT molecular complexity index is 746. The lowest BCUT2D eigenvalue weighted by Crippen LogP contribution is -2.48. The Labute approximate surface area is 147 Å². The minimum absolute atomic E-state index is 0.0730. The van der Waals surface area contributed by atoms with Crippen LogP contribution < -0.4 is 10.6 Å². The van der Waals surface area contributed by atoms with Gasteiger partial charge in [0.2, 0.25) is 0 Å². The molecule has 3 rings (SSSR count). The molecule has 2 atom stereocenters. The Morgan fingerprint density at radius 2 is 1.80 bits per heavy atom. The number of carbonyl (C=O) groups is 2. The van der Waals surface area contributed by atoms with Gasteiger partial charge in [-0.15, -0.1) is 0 Å². The second kappa shape index (κ2) is 7.83. The third-order valence-corrected chi connectivity index (χ3v) is 4.56. The van der Waals surface area contributed by atoms with Gasteiger partial charge >= 0.3 is 12.0 Å². The highest BCUT2D eigenvalue weighted by Crippen LogP contribution is 2.29. The summed E-state index contributed by atoms with van der Waals surface area (Å²) < 4.78 is 0. The first-order valence-corrected chi connectivity index (χ1v) is 8.55. The SMILES string of the molecule is O=C(N[C@@H](Cc1ccccc1)C(=O)O)N[C@H]1CCCc2ccccc21. The molecule has 0 aromatic heterocycles. The topological polar surface area (TPSA) is 78.4 Å². The Kier molecular flexibility index (Phi) is 5.33. The van der Waals surface area contributed by atoms with Gasteiger partial charge in [0.1, 0.15) is 6.04 Å². The van der Waals surface area contributed by atoms with Crippen molar-refractivity contribution in [1.29, 1.82) is 0 Å². The molecule has 0 saturated heterocycles. The Morgan fingerprint density at radius 1 is 1.08 bits per heavy atom. The lowest BCUT2D eigenvalue weighted by Gasteiger charge is -2.27. The average molecular weight is 338 g/mol. The average Bonchev–Trinajstić information content (AvgIpc) is 2.62. The van der Waals surface area contributed by atoms with Crippen LogP contribution >= 0.6 is 0 Å². The molecular formula is C20H22N2O3. The number of aliphatic carboxylic acids is 1. The largest absolute Gasteiger partial charge is 0.480 e. The molecular weight excluding hydrogens is 316 g/mol. The molecule has 3 N–H and O–H groups in total. The van der Waals surface area contributed by atoms with E-state index < -0.39 is 18.0 Å². The lowest BCUT2D eigenvalue weighted by molar-refractivity contribution is -0.139. The molecule has 0 spiro atoms. The summed E-state index contributed by atoms with van der Waals surface area (Å²) in [5.74, 6) is -1.04. The maximum absolute atomic E-state index is 12.3. The number of hydrogen-bond donors (Lipinski definition) is 3. The van der Waals surface area contributed by atoms with E-state index in [0.29, 0.717) is 0 Å². The molecule has 2 aromatic carbocycles. The van der Waals surface area contributed by atoms with E-state index in [9.17, 15) is 14.7 Å². The number of fused-ring (bicyclic) bond motifs is 1. The summed E-state index contributed by atoms with van der Waals surface area (Å²) in [4.78, 5) is 23.8. The molecule has 0 radical (unpaired) electrons. The maximum Gasteiger partial charge on any atom is 0.326 e. The van der Waals surface area contributed by atoms with E-state index in [4.69, 9.17) is 0 Å². The third-order valence-electron chi connectivity index (χ3n) is 4.56.